The summed E-state index contributed by atoms with van der Waals surface area (Å²) in [4.78, 5) is 2.11. The van der Waals surface area contributed by atoms with Gasteiger partial charge >= 0.3 is 0 Å². The SMILES string of the molecule is Oc1c(F)c(F)cc(CCN2CCNCC2)c1F. The van der Waals surface area contributed by atoms with Gasteiger partial charge in [0.2, 0.25) is 5.82 Å². The topological polar surface area (TPSA) is 35.5 Å². The Morgan fingerprint density at radius 1 is 1.17 bits per heavy atom. The monoisotopic (exact) mass is 260 g/mol. The molecule has 1 aromatic carbocycles. The lowest BCUT2D eigenvalue weighted by Gasteiger charge is -2.27. The number of benzene rings is 1. The van der Waals surface area contributed by atoms with E-state index >= 15 is 0 Å². The molecule has 0 radical (unpaired) electrons. The molecule has 2 N–H and O–H groups in total. The van der Waals surface area contributed by atoms with Crippen LogP contribution in [0.5, 0.6) is 5.75 Å². The van der Waals surface area contributed by atoms with Crippen LogP contribution in [0.25, 0.3) is 0 Å². The number of nitrogens with one attached hydrogen (secondary N) is 1. The van der Waals surface area contributed by atoms with E-state index in [9.17, 15) is 13.2 Å². The zero-order valence-corrected chi connectivity index (χ0v) is 9.85. The third kappa shape index (κ3) is 2.76. The van der Waals surface area contributed by atoms with Crippen LogP contribution in [0, 0.1) is 17.5 Å². The summed E-state index contributed by atoms with van der Waals surface area (Å²) in [5, 5.41) is 12.3. The summed E-state index contributed by atoms with van der Waals surface area (Å²) in [5.41, 5.74) is 0.00457. The first-order valence-electron chi connectivity index (χ1n) is 5.88. The quantitative estimate of drug-likeness (QED) is 0.803. The van der Waals surface area contributed by atoms with Crippen LogP contribution in [0.15, 0.2) is 6.07 Å². The largest absolute Gasteiger partial charge is 0.503 e. The van der Waals surface area contributed by atoms with Gasteiger partial charge in [-0.05, 0) is 18.1 Å². The van der Waals surface area contributed by atoms with Crippen molar-refractivity contribution in [3.8, 4) is 5.75 Å². The van der Waals surface area contributed by atoms with E-state index in [2.05, 4.69) is 10.2 Å². The predicted molar refractivity (Wildman–Crippen MR) is 61.0 cm³/mol. The number of rotatable bonds is 3. The van der Waals surface area contributed by atoms with Gasteiger partial charge in [0.1, 0.15) is 0 Å². The second-order valence-corrected chi connectivity index (χ2v) is 4.34. The van der Waals surface area contributed by atoms with Crippen LogP contribution in [-0.4, -0.2) is 42.7 Å². The fraction of sp³-hybridized carbons (Fsp3) is 0.500. The minimum Gasteiger partial charge on any atom is -0.503 e. The highest BCUT2D eigenvalue weighted by molar-refractivity contribution is 5.32. The van der Waals surface area contributed by atoms with Gasteiger partial charge in [-0.1, -0.05) is 0 Å². The highest BCUT2D eigenvalue weighted by atomic mass is 19.2. The molecule has 100 valence electrons. The van der Waals surface area contributed by atoms with Crippen molar-refractivity contribution in [2.45, 2.75) is 6.42 Å². The van der Waals surface area contributed by atoms with Crippen LogP contribution < -0.4 is 5.32 Å². The average Bonchev–Trinajstić information content (AvgIpc) is 2.40. The van der Waals surface area contributed by atoms with Crippen molar-refractivity contribution in [3.05, 3.63) is 29.1 Å². The number of hydrogen-bond acceptors (Lipinski definition) is 3. The lowest BCUT2D eigenvalue weighted by molar-refractivity contribution is 0.242. The highest BCUT2D eigenvalue weighted by Gasteiger charge is 2.18. The van der Waals surface area contributed by atoms with Gasteiger partial charge in [-0.15, -0.1) is 0 Å². The molecule has 1 aliphatic heterocycles. The fourth-order valence-electron chi connectivity index (χ4n) is 2.04. The smallest absolute Gasteiger partial charge is 0.203 e. The molecule has 1 aromatic rings. The van der Waals surface area contributed by atoms with Crippen molar-refractivity contribution in [1.29, 1.82) is 0 Å². The van der Waals surface area contributed by atoms with Gasteiger partial charge in [0, 0.05) is 32.7 Å². The lowest BCUT2D eigenvalue weighted by Crippen LogP contribution is -2.44. The molecule has 3 nitrogen and oxygen atoms in total. The molecule has 1 saturated heterocycles. The van der Waals surface area contributed by atoms with E-state index in [1.165, 1.54) is 0 Å². The molecular formula is C12H15F3N2O. The molecule has 0 aliphatic carbocycles. The molecule has 6 heteroatoms. The number of phenolic OH excluding ortho intramolecular Hbond substituents is 1. The van der Waals surface area contributed by atoms with E-state index in [4.69, 9.17) is 5.11 Å². The highest BCUT2D eigenvalue weighted by Crippen LogP contribution is 2.26. The van der Waals surface area contributed by atoms with Crippen molar-refractivity contribution < 1.29 is 18.3 Å². The summed E-state index contributed by atoms with van der Waals surface area (Å²) in [6.45, 7) is 3.98. The first-order chi connectivity index (χ1) is 8.59. The fourth-order valence-corrected chi connectivity index (χ4v) is 2.04. The summed E-state index contributed by atoms with van der Waals surface area (Å²) in [6, 6.07) is 0.812. The van der Waals surface area contributed by atoms with Gasteiger partial charge in [-0.2, -0.15) is 4.39 Å². The van der Waals surface area contributed by atoms with Crippen molar-refractivity contribution in [3.63, 3.8) is 0 Å². The Morgan fingerprint density at radius 3 is 2.50 bits per heavy atom. The van der Waals surface area contributed by atoms with Crippen molar-refractivity contribution in [2.75, 3.05) is 32.7 Å². The molecule has 0 amide bonds. The van der Waals surface area contributed by atoms with Gasteiger partial charge in [-0.3, -0.25) is 0 Å². The Morgan fingerprint density at radius 2 is 1.83 bits per heavy atom. The molecule has 0 bridgehead atoms. The standard InChI is InChI=1S/C12H15F3N2O/c13-9-7-8(10(14)12(18)11(9)15)1-4-17-5-2-16-3-6-17/h7,16,18H,1-6H2. The third-order valence-electron chi connectivity index (χ3n) is 3.12. The summed E-state index contributed by atoms with van der Waals surface area (Å²) < 4.78 is 39.5. The van der Waals surface area contributed by atoms with E-state index in [1.54, 1.807) is 0 Å². The van der Waals surface area contributed by atoms with Crippen LogP contribution in [0.1, 0.15) is 5.56 Å². The number of nitrogens with zero attached hydrogens (tertiary/aromatic N) is 1. The maximum absolute atomic E-state index is 13.5. The van der Waals surface area contributed by atoms with Crippen molar-refractivity contribution in [1.82, 2.24) is 10.2 Å². The Kier molecular flexibility index (Phi) is 4.08. The van der Waals surface area contributed by atoms with Crippen LogP contribution in [-0.2, 0) is 6.42 Å². The van der Waals surface area contributed by atoms with E-state index in [-0.39, 0.29) is 12.0 Å². The Bertz CT molecular complexity index is 434. The van der Waals surface area contributed by atoms with Crippen molar-refractivity contribution >= 4 is 0 Å². The van der Waals surface area contributed by atoms with Crippen molar-refractivity contribution in [2.24, 2.45) is 0 Å². The molecule has 0 spiro atoms. The zero-order valence-electron chi connectivity index (χ0n) is 9.85. The second kappa shape index (κ2) is 5.58. The molecule has 2 rings (SSSR count). The van der Waals surface area contributed by atoms with Gasteiger partial charge in [-0.25, -0.2) is 8.78 Å². The van der Waals surface area contributed by atoms with Gasteiger partial charge in [0.25, 0.3) is 0 Å². The minimum atomic E-state index is -1.53. The third-order valence-corrected chi connectivity index (χ3v) is 3.12. The van der Waals surface area contributed by atoms with E-state index in [1.807, 2.05) is 0 Å². The maximum atomic E-state index is 13.5. The second-order valence-electron chi connectivity index (χ2n) is 4.34. The molecule has 0 saturated carbocycles. The number of piperazine rings is 1. The van der Waals surface area contributed by atoms with Crippen LogP contribution >= 0.6 is 0 Å². The Labute approximate surface area is 103 Å². The maximum Gasteiger partial charge on any atom is 0.203 e. The van der Waals surface area contributed by atoms with Gasteiger partial charge in [0.15, 0.2) is 17.4 Å². The zero-order chi connectivity index (χ0) is 13.1. The van der Waals surface area contributed by atoms with Gasteiger partial charge < -0.3 is 15.3 Å². The Balaban J connectivity index is 2.05. The number of halogens is 3. The average molecular weight is 260 g/mol. The summed E-state index contributed by atoms with van der Waals surface area (Å²) in [7, 11) is 0. The first kappa shape index (κ1) is 13.2. The van der Waals surface area contributed by atoms with Gasteiger partial charge in [0.05, 0.1) is 0 Å². The van der Waals surface area contributed by atoms with E-state index < -0.39 is 23.2 Å². The summed E-state index contributed by atoms with van der Waals surface area (Å²) in [5.74, 6) is -5.04. The molecule has 18 heavy (non-hydrogen) atoms. The summed E-state index contributed by atoms with van der Waals surface area (Å²) in [6.07, 6.45) is 0.247. The molecule has 1 aliphatic rings. The van der Waals surface area contributed by atoms with Crippen LogP contribution in [0.2, 0.25) is 0 Å². The lowest BCUT2D eigenvalue weighted by atomic mass is 10.1. The summed E-state index contributed by atoms with van der Waals surface area (Å²) >= 11 is 0. The Hall–Kier alpha value is -1.27. The number of phenols is 1. The molecule has 1 fully saturated rings. The van der Waals surface area contributed by atoms with Crippen LogP contribution in [0.3, 0.4) is 0 Å². The normalized spacial score (nSPS) is 17.1. The molecule has 1 heterocycles. The molecule has 0 unspecified atom stereocenters. The predicted octanol–water partition coefficient (Wildman–Crippen LogP) is 1.26. The first-order valence-corrected chi connectivity index (χ1v) is 5.88. The van der Waals surface area contributed by atoms with E-state index in [0.29, 0.717) is 6.54 Å². The minimum absolute atomic E-state index is 0.00457. The molecular weight excluding hydrogens is 245 g/mol. The molecule has 0 aromatic heterocycles. The van der Waals surface area contributed by atoms with Crippen LogP contribution in [0.4, 0.5) is 13.2 Å². The molecule has 0 atom stereocenters. The van der Waals surface area contributed by atoms with E-state index in [0.717, 1.165) is 32.2 Å². The number of hydrogen-bond donors (Lipinski definition) is 2. The number of aromatic hydroxyl groups is 1.